The van der Waals surface area contributed by atoms with Crippen LogP contribution in [0.3, 0.4) is 0 Å². The third-order valence-corrected chi connectivity index (χ3v) is 3.01. The lowest BCUT2D eigenvalue weighted by Gasteiger charge is -2.00. The van der Waals surface area contributed by atoms with E-state index in [1.165, 1.54) is 22.9 Å². The summed E-state index contributed by atoms with van der Waals surface area (Å²) in [5.74, 6) is 0. The standard InChI is InChI=1S/C13H10N4O3/c18-13-11-6-10(17(19)20)3-4-12(11)15-16(13)8-9-2-1-5-14-7-9/h1-7,15H,8H2. The van der Waals surface area contributed by atoms with Crippen molar-refractivity contribution >= 4 is 16.6 Å². The highest BCUT2D eigenvalue weighted by molar-refractivity contribution is 5.80. The average Bonchev–Trinajstić information content (AvgIpc) is 2.76. The molecule has 20 heavy (non-hydrogen) atoms. The fourth-order valence-electron chi connectivity index (χ4n) is 2.05. The molecule has 0 saturated heterocycles. The highest BCUT2D eigenvalue weighted by Gasteiger charge is 2.12. The first-order chi connectivity index (χ1) is 9.65. The summed E-state index contributed by atoms with van der Waals surface area (Å²) in [5.41, 5.74) is 1.06. The number of nitro groups is 1. The number of pyridine rings is 1. The summed E-state index contributed by atoms with van der Waals surface area (Å²) in [6.07, 6.45) is 3.32. The molecule has 0 spiro atoms. The zero-order valence-corrected chi connectivity index (χ0v) is 10.3. The van der Waals surface area contributed by atoms with Gasteiger partial charge >= 0.3 is 0 Å². The predicted molar refractivity (Wildman–Crippen MR) is 72.6 cm³/mol. The van der Waals surface area contributed by atoms with E-state index in [1.807, 2.05) is 6.07 Å². The van der Waals surface area contributed by atoms with Crippen LogP contribution in [0.2, 0.25) is 0 Å². The van der Waals surface area contributed by atoms with Crippen molar-refractivity contribution in [3.63, 3.8) is 0 Å². The van der Waals surface area contributed by atoms with E-state index in [1.54, 1.807) is 18.5 Å². The molecule has 0 aliphatic carbocycles. The van der Waals surface area contributed by atoms with Crippen molar-refractivity contribution in [2.45, 2.75) is 6.54 Å². The third-order valence-electron chi connectivity index (χ3n) is 3.01. The van der Waals surface area contributed by atoms with Crippen LogP contribution in [-0.2, 0) is 6.54 Å². The zero-order chi connectivity index (χ0) is 14.1. The molecule has 100 valence electrons. The van der Waals surface area contributed by atoms with Gasteiger partial charge in [-0.15, -0.1) is 0 Å². The topological polar surface area (TPSA) is 93.8 Å². The van der Waals surface area contributed by atoms with E-state index in [4.69, 9.17) is 0 Å². The molecule has 3 rings (SSSR count). The van der Waals surface area contributed by atoms with Crippen LogP contribution in [0.5, 0.6) is 0 Å². The van der Waals surface area contributed by atoms with Gasteiger partial charge in [-0.25, -0.2) is 4.68 Å². The van der Waals surface area contributed by atoms with Crippen LogP contribution < -0.4 is 5.56 Å². The maximum atomic E-state index is 12.2. The molecule has 0 aliphatic rings. The minimum absolute atomic E-state index is 0.0953. The number of hydrogen-bond acceptors (Lipinski definition) is 4. The van der Waals surface area contributed by atoms with E-state index >= 15 is 0 Å². The lowest BCUT2D eigenvalue weighted by molar-refractivity contribution is -0.384. The van der Waals surface area contributed by atoms with Crippen LogP contribution in [0.25, 0.3) is 10.9 Å². The van der Waals surface area contributed by atoms with Gasteiger partial charge in [-0.05, 0) is 17.7 Å². The van der Waals surface area contributed by atoms with Crippen molar-refractivity contribution in [3.05, 3.63) is 68.8 Å². The van der Waals surface area contributed by atoms with Crippen LogP contribution in [0, 0.1) is 10.1 Å². The maximum absolute atomic E-state index is 12.2. The summed E-state index contributed by atoms with van der Waals surface area (Å²) >= 11 is 0. The summed E-state index contributed by atoms with van der Waals surface area (Å²) in [6, 6.07) is 7.83. The average molecular weight is 270 g/mol. The predicted octanol–water partition coefficient (Wildman–Crippen LogP) is 1.68. The summed E-state index contributed by atoms with van der Waals surface area (Å²) in [4.78, 5) is 26.4. The number of benzene rings is 1. The molecule has 1 N–H and O–H groups in total. The van der Waals surface area contributed by atoms with Crippen molar-refractivity contribution in [2.24, 2.45) is 0 Å². The van der Waals surface area contributed by atoms with Crippen LogP contribution in [0.15, 0.2) is 47.5 Å². The first-order valence-electron chi connectivity index (χ1n) is 5.91. The van der Waals surface area contributed by atoms with Gasteiger partial charge in [-0.3, -0.25) is 25.0 Å². The van der Waals surface area contributed by atoms with Crippen molar-refractivity contribution in [1.82, 2.24) is 14.8 Å². The largest absolute Gasteiger partial charge is 0.295 e. The van der Waals surface area contributed by atoms with Gasteiger partial charge < -0.3 is 0 Å². The smallest absolute Gasteiger partial charge is 0.274 e. The van der Waals surface area contributed by atoms with Gasteiger partial charge in [-0.2, -0.15) is 0 Å². The van der Waals surface area contributed by atoms with E-state index in [2.05, 4.69) is 10.1 Å². The lowest BCUT2D eigenvalue weighted by atomic mass is 10.2. The zero-order valence-electron chi connectivity index (χ0n) is 10.3. The Labute approximate surface area is 112 Å². The molecule has 7 heteroatoms. The van der Waals surface area contributed by atoms with E-state index in [0.717, 1.165) is 5.56 Å². The first-order valence-corrected chi connectivity index (χ1v) is 5.91. The molecule has 7 nitrogen and oxygen atoms in total. The minimum atomic E-state index is -0.517. The van der Waals surface area contributed by atoms with E-state index in [-0.39, 0.29) is 11.2 Å². The number of nitrogens with one attached hydrogen (secondary N) is 1. The van der Waals surface area contributed by atoms with E-state index in [9.17, 15) is 14.9 Å². The normalized spacial score (nSPS) is 10.8. The number of aromatic nitrogens is 3. The van der Waals surface area contributed by atoms with Crippen LogP contribution in [0.4, 0.5) is 5.69 Å². The molecule has 3 aromatic rings. The Kier molecular flexibility index (Phi) is 2.79. The molecular formula is C13H10N4O3. The highest BCUT2D eigenvalue weighted by Crippen LogP contribution is 2.17. The second kappa shape index (κ2) is 4.61. The number of H-pyrrole nitrogens is 1. The first kappa shape index (κ1) is 12.1. The molecular weight excluding hydrogens is 260 g/mol. The van der Waals surface area contributed by atoms with Crippen LogP contribution in [0.1, 0.15) is 5.56 Å². The monoisotopic (exact) mass is 270 g/mol. The quantitative estimate of drug-likeness (QED) is 0.578. The number of rotatable bonds is 3. The summed E-state index contributed by atoms with van der Waals surface area (Å²) in [5, 5.41) is 14.0. The van der Waals surface area contributed by atoms with Gasteiger partial charge in [0, 0.05) is 24.5 Å². The Hall–Kier alpha value is -2.96. The van der Waals surface area contributed by atoms with Gasteiger partial charge in [0.2, 0.25) is 0 Å². The fraction of sp³-hybridized carbons (Fsp3) is 0.0769. The Balaban J connectivity index is 2.07. The summed E-state index contributed by atoms with van der Waals surface area (Å²) in [7, 11) is 0. The number of fused-ring (bicyclic) bond motifs is 1. The molecule has 0 atom stereocenters. The van der Waals surface area contributed by atoms with Gasteiger partial charge in [0.25, 0.3) is 11.2 Å². The van der Waals surface area contributed by atoms with Crippen molar-refractivity contribution in [3.8, 4) is 0 Å². The van der Waals surface area contributed by atoms with Gasteiger partial charge in [0.05, 0.1) is 22.4 Å². The molecule has 2 aromatic heterocycles. The number of nitrogens with zero attached hydrogens (tertiary/aromatic N) is 3. The maximum Gasteiger partial charge on any atom is 0.274 e. The van der Waals surface area contributed by atoms with Gasteiger partial charge in [0.1, 0.15) is 0 Å². The molecule has 0 bridgehead atoms. The van der Waals surface area contributed by atoms with Crippen molar-refractivity contribution in [2.75, 3.05) is 0 Å². The molecule has 0 aliphatic heterocycles. The molecule has 0 radical (unpaired) electrons. The third kappa shape index (κ3) is 2.05. The van der Waals surface area contributed by atoms with Crippen LogP contribution >= 0.6 is 0 Å². The van der Waals surface area contributed by atoms with Crippen molar-refractivity contribution in [1.29, 1.82) is 0 Å². The molecule has 1 aromatic carbocycles. The van der Waals surface area contributed by atoms with Gasteiger partial charge in [0.15, 0.2) is 0 Å². The minimum Gasteiger partial charge on any atom is -0.295 e. The van der Waals surface area contributed by atoms with Crippen LogP contribution in [-0.4, -0.2) is 19.7 Å². The summed E-state index contributed by atoms with van der Waals surface area (Å²) < 4.78 is 1.41. The Morgan fingerprint density at radius 1 is 1.35 bits per heavy atom. The number of nitro benzene ring substituents is 1. The number of non-ortho nitro benzene ring substituents is 1. The molecule has 0 fully saturated rings. The van der Waals surface area contributed by atoms with Gasteiger partial charge in [-0.1, -0.05) is 6.07 Å². The molecule has 0 amide bonds. The Morgan fingerprint density at radius 3 is 2.90 bits per heavy atom. The number of hydrogen-bond donors (Lipinski definition) is 1. The fourth-order valence-corrected chi connectivity index (χ4v) is 2.05. The number of aromatic amines is 1. The highest BCUT2D eigenvalue weighted by atomic mass is 16.6. The second-order valence-corrected chi connectivity index (χ2v) is 4.35. The molecule has 2 heterocycles. The lowest BCUT2D eigenvalue weighted by Crippen LogP contribution is -2.17. The molecule has 0 unspecified atom stereocenters. The Morgan fingerprint density at radius 2 is 2.20 bits per heavy atom. The second-order valence-electron chi connectivity index (χ2n) is 4.35. The van der Waals surface area contributed by atoms with E-state index in [0.29, 0.717) is 17.4 Å². The van der Waals surface area contributed by atoms with E-state index < -0.39 is 4.92 Å². The summed E-state index contributed by atoms with van der Waals surface area (Å²) in [6.45, 7) is 0.342. The molecule has 0 saturated carbocycles. The van der Waals surface area contributed by atoms with Crippen molar-refractivity contribution < 1.29 is 4.92 Å². The SMILES string of the molecule is O=c1c2cc([N+](=O)[O-])ccc2[nH]n1Cc1cccnc1. The Bertz CT molecular complexity index is 836.